The summed E-state index contributed by atoms with van der Waals surface area (Å²) in [6.07, 6.45) is 1.41. The van der Waals surface area contributed by atoms with Gasteiger partial charge in [-0.05, 0) is 36.8 Å². The van der Waals surface area contributed by atoms with E-state index < -0.39 is 11.8 Å². The zero-order valence-electron chi connectivity index (χ0n) is 13.2. The molecule has 6 nitrogen and oxygen atoms in total. The van der Waals surface area contributed by atoms with Gasteiger partial charge in [-0.25, -0.2) is 5.43 Å². The van der Waals surface area contributed by atoms with Crippen molar-refractivity contribution in [2.24, 2.45) is 5.10 Å². The molecule has 24 heavy (non-hydrogen) atoms. The average Bonchev–Trinajstić information content (AvgIpc) is 2.57. The third kappa shape index (κ3) is 4.66. The Labute approximate surface area is 148 Å². The Balaban J connectivity index is 1.99. The summed E-state index contributed by atoms with van der Waals surface area (Å²) in [6.45, 7) is 1.84. The molecule has 0 unspecified atom stereocenters. The van der Waals surface area contributed by atoms with Crippen LogP contribution in [0.5, 0.6) is 5.75 Å². The third-order valence-corrected chi connectivity index (χ3v) is 3.65. The Kier molecular flexibility index (Phi) is 6.08. The van der Waals surface area contributed by atoms with Crippen LogP contribution in [0.3, 0.4) is 0 Å². The minimum atomic E-state index is -0.858. The van der Waals surface area contributed by atoms with Crippen molar-refractivity contribution in [3.8, 4) is 5.75 Å². The van der Waals surface area contributed by atoms with Gasteiger partial charge in [0.15, 0.2) is 0 Å². The number of nitrogens with zero attached hydrogens (tertiary/aromatic N) is 1. The van der Waals surface area contributed by atoms with Crippen LogP contribution in [0, 0.1) is 6.92 Å². The molecule has 0 atom stereocenters. The maximum Gasteiger partial charge on any atom is 0.329 e. The number of rotatable bonds is 4. The van der Waals surface area contributed by atoms with Gasteiger partial charge >= 0.3 is 11.8 Å². The topological polar surface area (TPSA) is 79.8 Å². The van der Waals surface area contributed by atoms with E-state index in [0.717, 1.165) is 10.0 Å². The quantitative estimate of drug-likeness (QED) is 0.479. The second kappa shape index (κ2) is 8.26. The molecule has 0 saturated carbocycles. The number of methoxy groups -OCH3 is 1. The van der Waals surface area contributed by atoms with Gasteiger partial charge in [0.05, 0.1) is 13.3 Å². The van der Waals surface area contributed by atoms with E-state index in [-0.39, 0.29) is 0 Å². The van der Waals surface area contributed by atoms with Crippen LogP contribution in [-0.4, -0.2) is 25.1 Å². The molecule has 2 N–H and O–H groups in total. The van der Waals surface area contributed by atoms with Gasteiger partial charge < -0.3 is 10.1 Å². The Morgan fingerprint density at radius 3 is 2.62 bits per heavy atom. The summed E-state index contributed by atoms with van der Waals surface area (Å²) >= 11 is 3.34. The van der Waals surface area contributed by atoms with Crippen molar-refractivity contribution < 1.29 is 14.3 Å². The van der Waals surface area contributed by atoms with E-state index in [1.165, 1.54) is 13.3 Å². The molecule has 0 saturated heterocycles. The van der Waals surface area contributed by atoms with Crippen LogP contribution in [-0.2, 0) is 9.59 Å². The molecular weight excluding hydrogens is 374 g/mol. The number of aryl methyl sites for hydroxylation is 1. The van der Waals surface area contributed by atoms with Crippen LogP contribution >= 0.6 is 15.9 Å². The molecule has 0 fully saturated rings. The molecule has 0 radical (unpaired) electrons. The van der Waals surface area contributed by atoms with Gasteiger partial charge in [-0.15, -0.1) is 0 Å². The fourth-order valence-electron chi connectivity index (χ4n) is 1.91. The number of ether oxygens (including phenoxy) is 1. The van der Waals surface area contributed by atoms with Crippen molar-refractivity contribution in [1.82, 2.24) is 5.43 Å². The minimum absolute atomic E-state index is 0.579. The largest absolute Gasteiger partial charge is 0.496 e. The zero-order chi connectivity index (χ0) is 17.5. The maximum atomic E-state index is 11.9. The summed E-state index contributed by atoms with van der Waals surface area (Å²) in [5.41, 5.74) is 4.29. The van der Waals surface area contributed by atoms with Crippen LogP contribution in [0.1, 0.15) is 11.1 Å². The van der Waals surface area contributed by atoms with Gasteiger partial charge in [-0.2, -0.15) is 5.10 Å². The number of nitrogens with one attached hydrogen (secondary N) is 2. The summed E-state index contributed by atoms with van der Waals surface area (Å²) in [6, 6.07) is 12.5. The minimum Gasteiger partial charge on any atom is -0.496 e. The molecule has 2 aromatic carbocycles. The normalized spacial score (nSPS) is 10.5. The summed E-state index contributed by atoms with van der Waals surface area (Å²) in [5.74, 6) is -1.05. The SMILES string of the molecule is COc1ccc(Br)cc1/C=N\NC(=O)C(=O)Nc1ccccc1C. The molecule has 0 aliphatic carbocycles. The van der Waals surface area contributed by atoms with Crippen molar-refractivity contribution in [3.63, 3.8) is 0 Å². The summed E-state index contributed by atoms with van der Waals surface area (Å²) in [7, 11) is 1.54. The molecule has 2 amide bonds. The number of amides is 2. The number of benzene rings is 2. The highest BCUT2D eigenvalue weighted by atomic mass is 79.9. The van der Waals surface area contributed by atoms with Crippen molar-refractivity contribution >= 4 is 39.6 Å². The van der Waals surface area contributed by atoms with Gasteiger partial charge in [0, 0.05) is 15.7 Å². The molecule has 0 aliphatic heterocycles. The van der Waals surface area contributed by atoms with Crippen molar-refractivity contribution in [2.75, 3.05) is 12.4 Å². The predicted molar refractivity (Wildman–Crippen MR) is 96.2 cm³/mol. The first-order valence-corrected chi connectivity index (χ1v) is 7.84. The smallest absolute Gasteiger partial charge is 0.329 e. The van der Waals surface area contributed by atoms with Crippen LogP contribution < -0.4 is 15.5 Å². The molecule has 7 heteroatoms. The second-order valence-electron chi connectivity index (χ2n) is 4.85. The predicted octanol–water partition coefficient (Wildman–Crippen LogP) is 2.85. The summed E-state index contributed by atoms with van der Waals surface area (Å²) in [4.78, 5) is 23.6. The lowest BCUT2D eigenvalue weighted by molar-refractivity contribution is -0.136. The first-order valence-electron chi connectivity index (χ1n) is 7.05. The first-order chi connectivity index (χ1) is 11.5. The van der Waals surface area contributed by atoms with E-state index >= 15 is 0 Å². The highest BCUT2D eigenvalue weighted by molar-refractivity contribution is 9.10. The van der Waals surface area contributed by atoms with E-state index in [9.17, 15) is 9.59 Å². The van der Waals surface area contributed by atoms with Crippen molar-refractivity contribution in [1.29, 1.82) is 0 Å². The number of hydrogen-bond donors (Lipinski definition) is 2. The van der Waals surface area contributed by atoms with Crippen LogP contribution in [0.4, 0.5) is 5.69 Å². The lowest BCUT2D eigenvalue weighted by atomic mass is 10.2. The third-order valence-electron chi connectivity index (χ3n) is 3.16. The van der Waals surface area contributed by atoms with Crippen molar-refractivity contribution in [3.05, 3.63) is 58.1 Å². The fraction of sp³-hybridized carbons (Fsp3) is 0.118. The number of anilines is 1. The molecule has 124 valence electrons. The van der Waals surface area contributed by atoms with Gasteiger partial charge in [0.1, 0.15) is 5.75 Å². The number of halogens is 1. The fourth-order valence-corrected chi connectivity index (χ4v) is 2.29. The average molecular weight is 390 g/mol. The maximum absolute atomic E-state index is 11.9. The standard InChI is InChI=1S/C17H16BrN3O3/c1-11-5-3-4-6-14(11)20-16(22)17(23)21-19-10-12-9-13(18)7-8-15(12)24-2/h3-10H,1-2H3,(H,20,22)(H,21,23)/b19-10-. The lowest BCUT2D eigenvalue weighted by Gasteiger charge is -2.07. The highest BCUT2D eigenvalue weighted by Gasteiger charge is 2.13. The van der Waals surface area contributed by atoms with Gasteiger partial charge in [-0.1, -0.05) is 34.1 Å². The van der Waals surface area contributed by atoms with Crippen LogP contribution in [0.25, 0.3) is 0 Å². The number of carbonyl (C=O) groups excluding carboxylic acids is 2. The van der Waals surface area contributed by atoms with Gasteiger partial charge in [0.2, 0.25) is 0 Å². The molecule has 2 aromatic rings. The number of para-hydroxylation sites is 1. The first kappa shape index (κ1) is 17.7. The molecule has 2 rings (SSSR count). The van der Waals surface area contributed by atoms with Crippen LogP contribution in [0.2, 0.25) is 0 Å². The van der Waals surface area contributed by atoms with E-state index in [1.54, 1.807) is 24.3 Å². The Morgan fingerprint density at radius 1 is 1.17 bits per heavy atom. The summed E-state index contributed by atoms with van der Waals surface area (Å²) < 4.78 is 6.03. The molecule has 0 aliphatic rings. The van der Waals surface area contributed by atoms with E-state index in [0.29, 0.717) is 17.0 Å². The molecule has 0 aromatic heterocycles. The lowest BCUT2D eigenvalue weighted by Crippen LogP contribution is -2.32. The Morgan fingerprint density at radius 2 is 1.92 bits per heavy atom. The zero-order valence-corrected chi connectivity index (χ0v) is 14.8. The van der Waals surface area contributed by atoms with E-state index in [1.807, 2.05) is 25.1 Å². The number of hydrogen-bond acceptors (Lipinski definition) is 4. The second-order valence-corrected chi connectivity index (χ2v) is 5.77. The molecule has 0 bridgehead atoms. The van der Waals surface area contributed by atoms with Crippen LogP contribution in [0.15, 0.2) is 52.0 Å². The highest BCUT2D eigenvalue weighted by Crippen LogP contribution is 2.21. The van der Waals surface area contributed by atoms with E-state index in [4.69, 9.17) is 4.74 Å². The Hall–Kier alpha value is -2.67. The summed E-state index contributed by atoms with van der Waals surface area (Å²) in [5, 5.41) is 6.32. The monoisotopic (exact) mass is 389 g/mol. The number of hydrazone groups is 1. The van der Waals surface area contributed by atoms with E-state index in [2.05, 4.69) is 31.8 Å². The Bertz CT molecular complexity index is 790. The number of carbonyl (C=O) groups is 2. The molecular formula is C17H16BrN3O3. The van der Waals surface area contributed by atoms with Gasteiger partial charge in [-0.3, -0.25) is 9.59 Å². The molecule has 0 spiro atoms. The van der Waals surface area contributed by atoms with Crippen molar-refractivity contribution in [2.45, 2.75) is 6.92 Å². The van der Waals surface area contributed by atoms with Gasteiger partial charge in [0.25, 0.3) is 0 Å². The molecule has 0 heterocycles.